The highest BCUT2D eigenvalue weighted by atomic mass is 19.4. The highest BCUT2D eigenvalue weighted by Crippen LogP contribution is 2.23. The van der Waals surface area contributed by atoms with Crippen LogP contribution in [-0.4, -0.2) is 19.3 Å². The molecule has 1 aromatic rings. The number of ether oxygens (including phenoxy) is 1. The SMILES string of the molecule is CCNCc1cc(F)ccc1OCCCC(F)(F)F. The molecule has 0 aliphatic carbocycles. The van der Waals surface area contributed by atoms with Crippen molar-refractivity contribution in [3.8, 4) is 5.75 Å². The number of alkyl halides is 3. The van der Waals surface area contributed by atoms with Crippen molar-refractivity contribution in [3.63, 3.8) is 0 Å². The zero-order valence-electron chi connectivity index (χ0n) is 10.7. The van der Waals surface area contributed by atoms with Crippen molar-refractivity contribution in [2.24, 2.45) is 0 Å². The molecule has 0 aliphatic heterocycles. The molecular formula is C13H17F4NO. The predicted octanol–water partition coefficient (Wildman–Crippen LogP) is 3.66. The molecule has 0 spiro atoms. The standard InChI is InChI=1S/C13H17F4NO/c1-2-18-9-10-8-11(14)4-5-12(10)19-7-3-6-13(15,16)17/h4-5,8,18H,2-3,6-7,9H2,1H3. The monoisotopic (exact) mass is 279 g/mol. The molecule has 0 saturated carbocycles. The van der Waals surface area contributed by atoms with Crippen LogP contribution in [-0.2, 0) is 6.54 Å². The molecule has 0 saturated heterocycles. The zero-order valence-corrected chi connectivity index (χ0v) is 10.7. The number of hydrogen-bond acceptors (Lipinski definition) is 2. The van der Waals surface area contributed by atoms with Crippen LogP contribution in [0.2, 0.25) is 0 Å². The average Bonchev–Trinajstić information content (AvgIpc) is 2.32. The van der Waals surface area contributed by atoms with Gasteiger partial charge in [-0.2, -0.15) is 13.2 Å². The van der Waals surface area contributed by atoms with Crippen molar-refractivity contribution in [1.82, 2.24) is 5.32 Å². The van der Waals surface area contributed by atoms with E-state index in [4.69, 9.17) is 4.74 Å². The molecule has 2 nitrogen and oxygen atoms in total. The van der Waals surface area contributed by atoms with Crippen molar-refractivity contribution < 1.29 is 22.3 Å². The Hall–Kier alpha value is -1.30. The minimum atomic E-state index is -4.17. The summed E-state index contributed by atoms with van der Waals surface area (Å²) in [6.07, 6.45) is -5.16. The summed E-state index contributed by atoms with van der Waals surface area (Å²) in [7, 11) is 0. The lowest BCUT2D eigenvalue weighted by atomic mass is 10.2. The number of nitrogens with one attached hydrogen (secondary N) is 1. The van der Waals surface area contributed by atoms with Gasteiger partial charge in [-0.15, -0.1) is 0 Å². The maximum Gasteiger partial charge on any atom is 0.389 e. The highest BCUT2D eigenvalue weighted by molar-refractivity contribution is 5.33. The van der Waals surface area contributed by atoms with E-state index in [-0.39, 0.29) is 13.0 Å². The Bertz CT molecular complexity index is 393. The summed E-state index contributed by atoms with van der Waals surface area (Å²) in [6, 6.07) is 3.99. The molecule has 0 radical (unpaired) electrons. The summed E-state index contributed by atoms with van der Waals surface area (Å²) >= 11 is 0. The lowest BCUT2D eigenvalue weighted by molar-refractivity contribution is -0.136. The summed E-state index contributed by atoms with van der Waals surface area (Å²) in [4.78, 5) is 0. The molecule has 0 bridgehead atoms. The first kappa shape index (κ1) is 15.8. The summed E-state index contributed by atoms with van der Waals surface area (Å²) in [5.74, 6) is 0.0278. The van der Waals surface area contributed by atoms with Crippen LogP contribution < -0.4 is 10.1 Å². The number of benzene rings is 1. The molecule has 0 amide bonds. The molecule has 0 atom stereocenters. The van der Waals surface area contributed by atoms with Gasteiger partial charge in [-0.3, -0.25) is 0 Å². The average molecular weight is 279 g/mol. The first-order chi connectivity index (χ1) is 8.92. The number of rotatable bonds is 7. The molecule has 0 fully saturated rings. The van der Waals surface area contributed by atoms with E-state index in [1.165, 1.54) is 18.2 Å². The predicted molar refractivity (Wildman–Crippen MR) is 64.6 cm³/mol. The van der Waals surface area contributed by atoms with E-state index in [1.807, 2.05) is 6.92 Å². The van der Waals surface area contributed by atoms with Crippen LogP contribution >= 0.6 is 0 Å². The van der Waals surface area contributed by atoms with E-state index < -0.39 is 18.4 Å². The molecule has 1 aromatic carbocycles. The first-order valence-electron chi connectivity index (χ1n) is 6.11. The smallest absolute Gasteiger partial charge is 0.389 e. The molecule has 108 valence electrons. The van der Waals surface area contributed by atoms with Gasteiger partial charge in [-0.05, 0) is 31.2 Å². The van der Waals surface area contributed by atoms with Crippen LogP contribution in [0.1, 0.15) is 25.3 Å². The second kappa shape index (κ2) is 7.33. The van der Waals surface area contributed by atoms with Gasteiger partial charge >= 0.3 is 6.18 Å². The van der Waals surface area contributed by atoms with Gasteiger partial charge in [0.25, 0.3) is 0 Å². The summed E-state index contributed by atoms with van der Waals surface area (Å²) in [5.41, 5.74) is 0.605. The third-order valence-corrected chi connectivity index (χ3v) is 2.45. The van der Waals surface area contributed by atoms with Crippen molar-refractivity contribution in [2.75, 3.05) is 13.2 Å². The minimum Gasteiger partial charge on any atom is -0.493 e. The van der Waals surface area contributed by atoms with Gasteiger partial charge in [0, 0.05) is 18.5 Å². The van der Waals surface area contributed by atoms with Crippen LogP contribution in [0.5, 0.6) is 5.75 Å². The van der Waals surface area contributed by atoms with E-state index in [0.717, 1.165) is 0 Å². The molecule has 19 heavy (non-hydrogen) atoms. The Morgan fingerprint density at radius 2 is 2.00 bits per heavy atom. The fraction of sp³-hybridized carbons (Fsp3) is 0.538. The third kappa shape index (κ3) is 6.42. The minimum absolute atomic E-state index is 0.0374. The topological polar surface area (TPSA) is 21.3 Å². The molecule has 6 heteroatoms. The van der Waals surface area contributed by atoms with Gasteiger partial charge in [0.2, 0.25) is 0 Å². The summed E-state index contributed by atoms with van der Waals surface area (Å²) < 4.78 is 54.3. The van der Waals surface area contributed by atoms with Gasteiger partial charge in [0.1, 0.15) is 11.6 Å². The Morgan fingerprint density at radius 1 is 1.26 bits per heavy atom. The van der Waals surface area contributed by atoms with E-state index in [0.29, 0.717) is 24.4 Å². The zero-order chi connectivity index (χ0) is 14.3. The van der Waals surface area contributed by atoms with Gasteiger partial charge in [-0.25, -0.2) is 4.39 Å². The maximum atomic E-state index is 13.1. The van der Waals surface area contributed by atoms with Crippen molar-refractivity contribution >= 4 is 0 Å². The molecule has 0 heterocycles. The van der Waals surface area contributed by atoms with Gasteiger partial charge in [-0.1, -0.05) is 6.92 Å². The fourth-order valence-electron chi connectivity index (χ4n) is 1.54. The maximum absolute atomic E-state index is 13.1. The van der Waals surface area contributed by atoms with Crippen molar-refractivity contribution in [3.05, 3.63) is 29.6 Å². The lowest BCUT2D eigenvalue weighted by Gasteiger charge is -2.12. The normalized spacial score (nSPS) is 11.6. The largest absolute Gasteiger partial charge is 0.493 e. The summed E-state index contributed by atoms with van der Waals surface area (Å²) in [6.45, 7) is 3.00. The molecule has 1 N–H and O–H groups in total. The van der Waals surface area contributed by atoms with E-state index in [2.05, 4.69) is 5.32 Å². The highest BCUT2D eigenvalue weighted by Gasteiger charge is 2.26. The quantitative estimate of drug-likeness (QED) is 0.607. The second-order valence-corrected chi connectivity index (χ2v) is 4.10. The van der Waals surface area contributed by atoms with E-state index in [9.17, 15) is 17.6 Å². The third-order valence-electron chi connectivity index (χ3n) is 2.45. The van der Waals surface area contributed by atoms with Crippen molar-refractivity contribution in [2.45, 2.75) is 32.5 Å². The van der Waals surface area contributed by atoms with Gasteiger partial charge < -0.3 is 10.1 Å². The van der Waals surface area contributed by atoms with Crippen LogP contribution in [0.4, 0.5) is 17.6 Å². The summed E-state index contributed by atoms with van der Waals surface area (Å²) in [5, 5.41) is 3.02. The molecule has 0 unspecified atom stereocenters. The van der Waals surface area contributed by atoms with Crippen molar-refractivity contribution in [1.29, 1.82) is 0 Å². The van der Waals surface area contributed by atoms with Gasteiger partial charge in [0.15, 0.2) is 0 Å². The van der Waals surface area contributed by atoms with Crippen LogP contribution in [0.25, 0.3) is 0 Å². The Labute approximate surface area is 109 Å². The van der Waals surface area contributed by atoms with E-state index >= 15 is 0 Å². The van der Waals surface area contributed by atoms with Gasteiger partial charge in [0.05, 0.1) is 6.61 Å². The Balaban J connectivity index is 2.52. The van der Waals surface area contributed by atoms with Crippen LogP contribution in [0.15, 0.2) is 18.2 Å². The molecule has 0 aliphatic rings. The fourth-order valence-corrected chi connectivity index (χ4v) is 1.54. The van der Waals surface area contributed by atoms with Crippen LogP contribution in [0.3, 0.4) is 0 Å². The first-order valence-corrected chi connectivity index (χ1v) is 6.11. The molecular weight excluding hydrogens is 262 g/mol. The van der Waals surface area contributed by atoms with Crippen LogP contribution in [0, 0.1) is 5.82 Å². The number of hydrogen-bond donors (Lipinski definition) is 1. The Morgan fingerprint density at radius 3 is 2.63 bits per heavy atom. The lowest BCUT2D eigenvalue weighted by Crippen LogP contribution is -2.14. The second-order valence-electron chi connectivity index (χ2n) is 4.10. The molecule has 0 aromatic heterocycles. The van der Waals surface area contributed by atoms with E-state index in [1.54, 1.807) is 0 Å². The molecule has 1 rings (SSSR count). The number of halogens is 4. The Kier molecular flexibility index (Phi) is 6.08.